The minimum absolute atomic E-state index is 0.136. The maximum Gasteiger partial charge on any atom is 0.243 e. The van der Waals surface area contributed by atoms with Gasteiger partial charge in [-0.3, -0.25) is 4.79 Å². The van der Waals surface area contributed by atoms with Crippen molar-refractivity contribution in [3.63, 3.8) is 0 Å². The largest absolute Gasteiger partial charge is 0.309 e. The van der Waals surface area contributed by atoms with Crippen molar-refractivity contribution in [1.82, 2.24) is 14.1 Å². The van der Waals surface area contributed by atoms with Gasteiger partial charge >= 0.3 is 0 Å². The summed E-state index contributed by atoms with van der Waals surface area (Å²) in [5.74, 6) is -0.552. The van der Waals surface area contributed by atoms with Gasteiger partial charge in [0.2, 0.25) is 15.9 Å². The van der Waals surface area contributed by atoms with Gasteiger partial charge < -0.3 is 5.32 Å². The maximum atomic E-state index is 13.5. The van der Waals surface area contributed by atoms with Gasteiger partial charge in [0.1, 0.15) is 11.6 Å². The molecule has 1 aromatic heterocycles. The minimum atomic E-state index is -3.86. The van der Waals surface area contributed by atoms with E-state index in [0.717, 1.165) is 12.0 Å². The van der Waals surface area contributed by atoms with Crippen LogP contribution in [0.25, 0.3) is 16.9 Å². The number of halogens is 1. The lowest BCUT2D eigenvalue weighted by atomic mass is 10.2. The topological polar surface area (TPSA) is 84.3 Å². The Bertz CT molecular complexity index is 1410. The summed E-state index contributed by atoms with van der Waals surface area (Å²) in [6, 6.07) is 24.9. The third kappa shape index (κ3) is 5.87. The summed E-state index contributed by atoms with van der Waals surface area (Å²) in [7, 11) is -3.86. The van der Waals surface area contributed by atoms with Gasteiger partial charge in [0, 0.05) is 18.2 Å². The number of hydrogen-bond donors (Lipinski definition) is 1. The van der Waals surface area contributed by atoms with Crippen molar-refractivity contribution in [2.24, 2.45) is 0 Å². The molecular weight excluding hydrogens is 479 g/mol. The number of benzene rings is 3. The van der Waals surface area contributed by atoms with Crippen LogP contribution in [0.2, 0.25) is 0 Å². The van der Waals surface area contributed by atoms with Crippen LogP contribution >= 0.6 is 0 Å². The molecule has 1 N–H and O–H groups in total. The number of aromatic nitrogens is 2. The predicted octanol–water partition coefficient (Wildman–Crippen LogP) is 5.11. The van der Waals surface area contributed by atoms with Gasteiger partial charge in [0.05, 0.1) is 22.8 Å². The average Bonchev–Trinajstić information content (AvgIpc) is 3.31. The Hall–Kier alpha value is -3.82. The first-order valence-corrected chi connectivity index (χ1v) is 13.1. The van der Waals surface area contributed by atoms with E-state index in [9.17, 15) is 17.6 Å². The van der Waals surface area contributed by atoms with Gasteiger partial charge in [-0.05, 0) is 42.8 Å². The first-order chi connectivity index (χ1) is 17.4. The van der Waals surface area contributed by atoms with E-state index in [1.54, 1.807) is 36.4 Å². The SMILES string of the molecule is CCCCN(CC(=O)Nc1cc(-c2ccccc2)nn1-c1ccc(F)cc1)S(=O)(=O)c1ccccc1. The van der Waals surface area contributed by atoms with Crippen LogP contribution in [0.1, 0.15) is 19.8 Å². The lowest BCUT2D eigenvalue weighted by Crippen LogP contribution is -2.38. The smallest absolute Gasteiger partial charge is 0.243 e. The summed E-state index contributed by atoms with van der Waals surface area (Å²) in [5.41, 5.74) is 1.99. The van der Waals surface area contributed by atoms with Gasteiger partial charge in [-0.2, -0.15) is 9.40 Å². The number of sulfonamides is 1. The van der Waals surface area contributed by atoms with E-state index in [4.69, 9.17) is 0 Å². The summed E-state index contributed by atoms with van der Waals surface area (Å²) >= 11 is 0. The number of nitrogens with zero attached hydrogens (tertiary/aromatic N) is 3. The molecule has 4 aromatic rings. The number of carbonyl (C=O) groups excluding carboxylic acids is 1. The van der Waals surface area contributed by atoms with Crippen LogP contribution in [0.3, 0.4) is 0 Å². The second-order valence-corrected chi connectivity index (χ2v) is 10.2. The Kier molecular flexibility index (Phi) is 7.92. The van der Waals surface area contributed by atoms with E-state index >= 15 is 0 Å². The molecule has 0 radical (unpaired) electrons. The van der Waals surface area contributed by atoms with Crippen LogP contribution in [0, 0.1) is 5.82 Å². The number of anilines is 1. The molecule has 0 aliphatic carbocycles. The van der Waals surface area contributed by atoms with Gasteiger partial charge in [0.15, 0.2) is 0 Å². The van der Waals surface area contributed by atoms with Crippen molar-refractivity contribution >= 4 is 21.7 Å². The minimum Gasteiger partial charge on any atom is -0.309 e. The molecule has 9 heteroatoms. The number of unbranched alkanes of at least 4 members (excludes halogenated alkanes) is 1. The van der Waals surface area contributed by atoms with Gasteiger partial charge in [-0.1, -0.05) is 61.9 Å². The Morgan fingerprint density at radius 1 is 0.972 bits per heavy atom. The Labute approximate surface area is 210 Å². The summed E-state index contributed by atoms with van der Waals surface area (Å²) in [6.45, 7) is 1.82. The van der Waals surface area contributed by atoms with E-state index in [-0.39, 0.29) is 18.0 Å². The molecule has 0 aliphatic rings. The molecule has 7 nitrogen and oxygen atoms in total. The Morgan fingerprint density at radius 3 is 2.25 bits per heavy atom. The fourth-order valence-electron chi connectivity index (χ4n) is 3.70. The zero-order valence-corrected chi connectivity index (χ0v) is 20.7. The van der Waals surface area contributed by atoms with Crippen molar-refractivity contribution in [3.05, 3.63) is 96.8 Å². The number of hydrogen-bond acceptors (Lipinski definition) is 4. The second-order valence-electron chi connectivity index (χ2n) is 8.22. The van der Waals surface area contributed by atoms with Crippen molar-refractivity contribution in [1.29, 1.82) is 0 Å². The van der Waals surface area contributed by atoms with Crippen LogP contribution in [-0.4, -0.2) is 41.5 Å². The Balaban J connectivity index is 1.63. The molecule has 0 unspecified atom stereocenters. The molecule has 0 atom stereocenters. The summed E-state index contributed by atoms with van der Waals surface area (Å²) < 4.78 is 42.7. The van der Waals surface area contributed by atoms with Crippen molar-refractivity contribution < 1.29 is 17.6 Å². The summed E-state index contributed by atoms with van der Waals surface area (Å²) in [4.78, 5) is 13.3. The highest BCUT2D eigenvalue weighted by Crippen LogP contribution is 2.25. The molecule has 36 heavy (non-hydrogen) atoms. The van der Waals surface area contributed by atoms with Crippen LogP contribution in [0.5, 0.6) is 0 Å². The lowest BCUT2D eigenvalue weighted by Gasteiger charge is -2.21. The molecule has 1 amide bonds. The third-order valence-corrected chi connectivity index (χ3v) is 7.44. The van der Waals surface area contributed by atoms with Crippen LogP contribution in [0.4, 0.5) is 10.2 Å². The molecule has 1 heterocycles. The molecular formula is C27H27FN4O3S. The molecule has 186 valence electrons. The number of rotatable bonds is 10. The molecule has 0 saturated heterocycles. The monoisotopic (exact) mass is 506 g/mol. The van der Waals surface area contributed by atoms with E-state index in [2.05, 4.69) is 10.4 Å². The summed E-state index contributed by atoms with van der Waals surface area (Å²) in [5, 5.41) is 7.41. The number of amides is 1. The van der Waals surface area contributed by atoms with E-state index < -0.39 is 21.7 Å². The quantitative estimate of drug-likeness (QED) is 0.324. The Morgan fingerprint density at radius 2 is 1.61 bits per heavy atom. The van der Waals surface area contributed by atoms with E-state index in [0.29, 0.717) is 23.6 Å². The van der Waals surface area contributed by atoms with Crippen molar-refractivity contribution in [3.8, 4) is 16.9 Å². The first-order valence-electron chi connectivity index (χ1n) is 11.6. The van der Waals surface area contributed by atoms with Gasteiger partial charge in [0.25, 0.3) is 0 Å². The highest BCUT2D eigenvalue weighted by atomic mass is 32.2. The molecule has 0 saturated carbocycles. The molecule has 0 spiro atoms. The highest BCUT2D eigenvalue weighted by Gasteiger charge is 2.26. The van der Waals surface area contributed by atoms with Crippen LogP contribution in [-0.2, 0) is 14.8 Å². The standard InChI is InChI=1S/C27H27FN4O3S/c1-2-3-18-31(36(34,35)24-12-8-5-9-13-24)20-27(33)29-26-19-25(21-10-6-4-7-11-21)30-32(26)23-16-14-22(28)15-17-23/h4-17,19H,2-3,18,20H2,1H3,(H,29,33). The highest BCUT2D eigenvalue weighted by molar-refractivity contribution is 7.89. The van der Waals surface area contributed by atoms with Crippen molar-refractivity contribution in [2.75, 3.05) is 18.4 Å². The molecule has 4 rings (SSSR count). The van der Waals surface area contributed by atoms with E-state index in [1.165, 1.54) is 33.3 Å². The summed E-state index contributed by atoms with van der Waals surface area (Å²) in [6.07, 6.45) is 1.39. The fraction of sp³-hybridized carbons (Fsp3) is 0.185. The number of carbonyl (C=O) groups is 1. The zero-order valence-electron chi connectivity index (χ0n) is 19.8. The number of nitrogens with one attached hydrogen (secondary N) is 1. The zero-order chi connectivity index (χ0) is 25.5. The normalized spacial score (nSPS) is 11.5. The fourth-order valence-corrected chi connectivity index (χ4v) is 5.16. The van der Waals surface area contributed by atoms with Gasteiger partial charge in [-0.25, -0.2) is 17.5 Å². The molecule has 0 fully saturated rings. The molecule has 0 aliphatic heterocycles. The predicted molar refractivity (Wildman–Crippen MR) is 138 cm³/mol. The van der Waals surface area contributed by atoms with Crippen molar-refractivity contribution in [2.45, 2.75) is 24.7 Å². The second kappa shape index (κ2) is 11.3. The van der Waals surface area contributed by atoms with Crippen LogP contribution < -0.4 is 5.32 Å². The van der Waals surface area contributed by atoms with Crippen LogP contribution in [0.15, 0.2) is 95.9 Å². The van der Waals surface area contributed by atoms with E-state index in [1.807, 2.05) is 37.3 Å². The molecule has 0 bridgehead atoms. The first kappa shape index (κ1) is 25.3. The molecule has 3 aromatic carbocycles. The lowest BCUT2D eigenvalue weighted by molar-refractivity contribution is -0.116. The third-order valence-electron chi connectivity index (χ3n) is 5.58. The maximum absolute atomic E-state index is 13.5. The van der Waals surface area contributed by atoms with Gasteiger partial charge in [-0.15, -0.1) is 0 Å². The average molecular weight is 507 g/mol.